The van der Waals surface area contributed by atoms with Gasteiger partial charge in [0.2, 0.25) is 0 Å². The first-order valence-corrected chi connectivity index (χ1v) is 48.1. The van der Waals surface area contributed by atoms with Crippen LogP contribution in [0.3, 0.4) is 0 Å². The van der Waals surface area contributed by atoms with Gasteiger partial charge in [-0.25, -0.2) is 37.9 Å². The molecule has 0 radical (unpaired) electrons. The highest BCUT2D eigenvalue weighted by molar-refractivity contribution is 6.05. The van der Waals surface area contributed by atoms with E-state index in [0.29, 0.717) is 45.0 Å². The molecule has 24 rings (SSSR count). The molecule has 0 spiro atoms. The fourth-order valence-electron chi connectivity index (χ4n) is 23.4. The number of carbonyl (C=O) groups excluding carboxylic acids is 4. The first kappa shape index (κ1) is 93.1. The number of aromatic nitrogens is 20. The molecule has 8 aromatic heterocycles. The average Bonchev–Trinajstić information content (AvgIpc) is 0.768. The van der Waals surface area contributed by atoms with Crippen LogP contribution in [-0.4, -0.2) is 193 Å². The van der Waals surface area contributed by atoms with Crippen LogP contribution in [0.2, 0.25) is 0 Å². The largest absolute Gasteiger partial charge is 0.394 e. The summed E-state index contributed by atoms with van der Waals surface area (Å²) in [4.78, 5) is 124. The molecule has 4 amide bonds. The van der Waals surface area contributed by atoms with Gasteiger partial charge in [-0.2, -0.15) is 19.9 Å². The Morgan fingerprint density at radius 1 is 0.281 bits per heavy atom. The standard InChI is InChI=1S/C106H96N24O16/c131-53-83-79(45-91(143-83)123-41-37-87(111-99(123)139)107-95(135)67-13-5-1-6-14-67)127-49-75(115-119-127)63-21-29-71(30-22-63)103-57-104(72-31-23-64(24-32-72)76-50-128(120-116-76)80-46-92(144-84(80)54-132)124-42-38-88(112-100(124)140)108-96(136)68-15-7-2-8-16-68)60-105(58-103,73-33-25-65(26-34-73)77-51-129(121-117-77)81-47-93(145-85(81)55-133)125-43-39-89(113-101(125)141)109-97(137)69-17-9-3-10-18-69)62-106(59-103,61-104)74-35-27-66(28-36-74)78-52-130(122-118-78)82-48-94(146-86(82)56-134)126-44-40-90(114-102(126)142)110-98(138)70-19-11-4-12-20-70/h1-44,49-52,79-86,91-94,131-134H,45-48,53-62H2,(H,107,111,135,139)(H,108,112,136,140)(H,109,113,137,141)(H,110,114,138,142)/t79-,80-,81-,82-,83+,84+,85+,86+,91+,92+,93+,94+,103?,104?,105?,106?/m0/s1. The molecule has 4 saturated carbocycles. The summed E-state index contributed by atoms with van der Waals surface area (Å²) < 4.78 is 37.4. The number of hydrogen-bond acceptors (Lipinski definition) is 28. The molecule has 146 heavy (non-hydrogen) atoms. The summed E-state index contributed by atoms with van der Waals surface area (Å²) in [6, 6.07) is 72.5. The monoisotopic (exact) mass is 1960 g/mol. The Labute approximate surface area is 830 Å². The minimum Gasteiger partial charge on any atom is -0.394 e. The minimum absolute atomic E-state index is 0.0640. The first-order chi connectivity index (χ1) is 71.1. The van der Waals surface area contributed by atoms with Crippen molar-refractivity contribution in [1.82, 2.24) is 98.2 Å². The molecule has 40 heteroatoms. The van der Waals surface area contributed by atoms with Crippen LogP contribution < -0.4 is 44.0 Å². The smallest absolute Gasteiger partial charge is 0.351 e. The molecule has 40 nitrogen and oxygen atoms in total. The molecule has 4 aliphatic carbocycles. The number of aliphatic hydroxyl groups excluding tert-OH is 4. The Hall–Kier alpha value is -16.6. The number of ether oxygens (including phenoxy) is 4. The molecule has 12 heterocycles. The second-order valence-electron chi connectivity index (χ2n) is 38.6. The molecule has 4 saturated heterocycles. The molecule has 16 aromatic rings. The van der Waals surface area contributed by atoms with Crippen molar-refractivity contribution in [2.75, 3.05) is 47.7 Å². The molecular weight excluding hydrogens is 1870 g/mol. The van der Waals surface area contributed by atoms with E-state index >= 15 is 0 Å². The molecule has 4 aliphatic heterocycles. The Kier molecular flexibility index (Phi) is 24.4. The van der Waals surface area contributed by atoms with Crippen molar-refractivity contribution in [3.63, 3.8) is 0 Å². The fraction of sp³-hybridized carbons (Fsp3) is 0.283. The lowest BCUT2D eigenvalue weighted by Crippen LogP contribution is -2.67. The third kappa shape index (κ3) is 17.7. The van der Waals surface area contributed by atoms with Crippen LogP contribution in [0.15, 0.2) is 311 Å². The summed E-state index contributed by atoms with van der Waals surface area (Å²) in [5, 5.41) is 91.7. The van der Waals surface area contributed by atoms with Gasteiger partial charge in [-0.1, -0.05) is 191 Å². The van der Waals surface area contributed by atoms with Crippen LogP contribution in [0.4, 0.5) is 23.3 Å². The molecule has 736 valence electrons. The number of anilines is 4. The van der Waals surface area contributed by atoms with Gasteiger partial charge in [0.1, 0.15) is 95.4 Å². The van der Waals surface area contributed by atoms with Crippen molar-refractivity contribution in [2.24, 2.45) is 0 Å². The SMILES string of the molecule is O=C(Nc1ccn([C@H]2C[C@H](n3cc(-c4ccc(C56CC7(c8ccc(-c9cn([C@H]%10C[C@H](n%11ccc(NC(=O)c%12ccccc%12)nc%11=O)O[C@@H]%10CO)nn9)cc8)CC(c8ccc(-c9cn([C@H]%10C[C@H](n%11ccc(NC(=O)c%12ccccc%12)nc%11=O)O[C@@H]%10CO)nn9)cc8)(C5)CC(c5ccc(-c8cn([C@H]9C[C@H](n%10ccc(NC(=O)c%11ccccc%11)nc%10=O)O[C@@H]9CO)nn8)cc5)(C6)C7)cc4)nn3)[C@@H](CO)O2)c(=O)n1)c1ccccc1. The molecule has 8 fully saturated rings. The number of benzene rings is 8. The van der Waals surface area contributed by atoms with E-state index in [0.717, 1.165) is 83.0 Å². The van der Waals surface area contributed by atoms with Crippen LogP contribution in [0.25, 0.3) is 45.0 Å². The van der Waals surface area contributed by atoms with E-state index in [1.54, 1.807) is 140 Å². The van der Waals surface area contributed by atoms with Crippen molar-refractivity contribution < 1.29 is 58.6 Å². The molecule has 4 bridgehead atoms. The predicted octanol–water partition coefficient (Wildman–Crippen LogP) is 10.5. The number of aliphatic hydroxyl groups is 4. The molecule has 0 unspecified atom stereocenters. The van der Waals surface area contributed by atoms with E-state index in [4.69, 9.17) is 39.3 Å². The molecular formula is C106H96N24O16. The third-order valence-electron chi connectivity index (χ3n) is 29.8. The van der Waals surface area contributed by atoms with Gasteiger partial charge in [-0.3, -0.25) is 37.4 Å². The maximum absolute atomic E-state index is 13.7. The number of hydrogen-bond donors (Lipinski definition) is 8. The van der Waals surface area contributed by atoms with E-state index in [1.807, 2.05) is 24.8 Å². The van der Waals surface area contributed by atoms with Gasteiger partial charge in [0.05, 0.1) is 75.4 Å². The first-order valence-electron chi connectivity index (χ1n) is 48.1. The topological polar surface area (TPSA) is 497 Å². The second kappa shape index (κ2) is 38.3. The van der Waals surface area contributed by atoms with Crippen LogP contribution in [0.5, 0.6) is 0 Å². The molecule has 8 aliphatic rings. The van der Waals surface area contributed by atoms with Gasteiger partial charge in [0.25, 0.3) is 23.6 Å². The van der Waals surface area contributed by atoms with E-state index in [2.05, 4.69) is 159 Å². The van der Waals surface area contributed by atoms with E-state index in [9.17, 15) is 58.8 Å². The number of amides is 4. The van der Waals surface area contributed by atoms with Crippen LogP contribution >= 0.6 is 0 Å². The quantitative estimate of drug-likeness (QED) is 0.0226. The lowest BCUT2D eigenvalue weighted by molar-refractivity contribution is -0.0691. The van der Waals surface area contributed by atoms with Gasteiger partial charge in [-0.15, -0.1) is 20.4 Å². The van der Waals surface area contributed by atoms with Crippen molar-refractivity contribution in [3.8, 4) is 45.0 Å². The summed E-state index contributed by atoms with van der Waals surface area (Å²) in [6.45, 7) is -1.58. The number of carbonyl (C=O) groups is 4. The molecule has 8 aromatic carbocycles. The number of nitrogens with zero attached hydrogens (tertiary/aromatic N) is 20. The van der Waals surface area contributed by atoms with Gasteiger partial charge < -0.3 is 60.6 Å². The fourth-order valence-corrected chi connectivity index (χ4v) is 23.4. The zero-order valence-electron chi connectivity index (χ0n) is 78.2. The Balaban J connectivity index is 0.574. The Bertz CT molecular complexity index is 6910. The highest BCUT2D eigenvalue weighted by Crippen LogP contribution is 2.75. The maximum Gasteiger partial charge on any atom is 0.351 e. The summed E-state index contributed by atoms with van der Waals surface area (Å²) in [6.07, 6.45) is 12.0. The van der Waals surface area contributed by atoms with Crippen LogP contribution in [0, 0.1) is 0 Å². The number of nitrogens with one attached hydrogen (secondary N) is 4. The average molecular weight is 1960 g/mol. The summed E-state index contributed by atoms with van der Waals surface area (Å²) in [7, 11) is 0. The summed E-state index contributed by atoms with van der Waals surface area (Å²) >= 11 is 0. The van der Waals surface area contributed by atoms with Crippen LogP contribution in [-0.2, 0) is 40.6 Å². The van der Waals surface area contributed by atoms with Crippen molar-refractivity contribution >= 4 is 46.9 Å². The van der Waals surface area contributed by atoms with Gasteiger partial charge in [0, 0.05) is 95.0 Å². The third-order valence-corrected chi connectivity index (χ3v) is 29.8. The van der Waals surface area contributed by atoms with Gasteiger partial charge >= 0.3 is 22.8 Å². The molecule has 12 atom stereocenters. The maximum atomic E-state index is 13.7. The van der Waals surface area contributed by atoms with Gasteiger partial charge in [0.15, 0.2) is 0 Å². The van der Waals surface area contributed by atoms with E-state index < -0.39 is 168 Å². The lowest BCUT2D eigenvalue weighted by atomic mass is 9.32. The Morgan fingerprint density at radius 2 is 0.479 bits per heavy atom. The summed E-state index contributed by atoms with van der Waals surface area (Å²) in [5.41, 5.74) is 6.44. The highest BCUT2D eigenvalue weighted by atomic mass is 16.5. The van der Waals surface area contributed by atoms with Crippen molar-refractivity contribution in [2.45, 2.75) is 159 Å². The predicted molar refractivity (Wildman–Crippen MR) is 526 cm³/mol. The molecule has 8 N–H and O–H groups in total. The highest BCUT2D eigenvalue weighted by Gasteiger charge is 2.70. The second-order valence-corrected chi connectivity index (χ2v) is 38.6. The number of rotatable bonds is 28. The van der Waals surface area contributed by atoms with Crippen LogP contribution in [0.1, 0.15) is 177 Å². The van der Waals surface area contributed by atoms with Gasteiger partial charge in [-0.05, 0) is 155 Å². The van der Waals surface area contributed by atoms with Crippen molar-refractivity contribution in [1.29, 1.82) is 0 Å². The Morgan fingerprint density at radius 3 is 0.664 bits per heavy atom. The normalized spacial score (nSPS) is 24.9. The van der Waals surface area contributed by atoms with Crippen molar-refractivity contribution in [3.05, 3.63) is 379 Å². The van der Waals surface area contributed by atoms with E-state index in [-0.39, 0.29) is 49.0 Å². The summed E-state index contributed by atoms with van der Waals surface area (Å²) in [5.74, 6) is -1.46. The zero-order valence-corrected chi connectivity index (χ0v) is 78.2. The minimum atomic E-state index is -0.850. The van der Waals surface area contributed by atoms with E-state index in [1.165, 1.54) is 67.3 Å². The lowest BCUT2D eigenvalue weighted by Gasteiger charge is -2.71. The zero-order chi connectivity index (χ0) is 99.7.